The maximum Gasteiger partial charge on any atom is 0.339 e. The molecular formula is C18H22N6O2S. The molecule has 2 N–H and O–H groups in total. The lowest BCUT2D eigenvalue weighted by Gasteiger charge is -2.14. The van der Waals surface area contributed by atoms with Crippen LogP contribution in [0.1, 0.15) is 19.4 Å². The van der Waals surface area contributed by atoms with Crippen LogP contribution < -0.4 is 11.4 Å². The maximum atomic E-state index is 13.1. The SMILES string of the molecule is CCSc1nc(N)c2c(n1)n(Cc1ccccc1)c(=O)n2C(=O)N(C)CC. The van der Waals surface area contributed by atoms with Crippen molar-refractivity contribution >= 4 is 34.8 Å². The summed E-state index contributed by atoms with van der Waals surface area (Å²) < 4.78 is 2.54. The number of nitrogens with two attached hydrogens (primary N) is 1. The van der Waals surface area contributed by atoms with E-state index in [9.17, 15) is 9.59 Å². The fourth-order valence-corrected chi connectivity index (χ4v) is 3.31. The van der Waals surface area contributed by atoms with Gasteiger partial charge >= 0.3 is 11.7 Å². The van der Waals surface area contributed by atoms with Crippen LogP contribution in [0.15, 0.2) is 40.3 Å². The number of nitrogens with zero attached hydrogens (tertiary/aromatic N) is 5. The molecule has 8 nitrogen and oxygen atoms in total. The van der Waals surface area contributed by atoms with E-state index in [1.165, 1.54) is 21.2 Å². The summed E-state index contributed by atoms with van der Waals surface area (Å²) in [5.41, 5.74) is 7.21. The number of thioether (sulfide) groups is 1. The highest BCUT2D eigenvalue weighted by atomic mass is 32.2. The Morgan fingerprint density at radius 3 is 2.56 bits per heavy atom. The molecule has 0 unspecified atom stereocenters. The molecule has 9 heteroatoms. The van der Waals surface area contributed by atoms with E-state index in [4.69, 9.17) is 5.73 Å². The van der Waals surface area contributed by atoms with Gasteiger partial charge in [0.15, 0.2) is 16.6 Å². The van der Waals surface area contributed by atoms with E-state index < -0.39 is 11.7 Å². The van der Waals surface area contributed by atoms with Crippen LogP contribution in [0, 0.1) is 0 Å². The normalized spacial score (nSPS) is 11.1. The van der Waals surface area contributed by atoms with Crippen LogP contribution in [0.25, 0.3) is 11.2 Å². The summed E-state index contributed by atoms with van der Waals surface area (Å²) >= 11 is 1.43. The topological polar surface area (TPSA) is 99.0 Å². The third kappa shape index (κ3) is 3.55. The molecule has 2 aromatic heterocycles. The average Bonchev–Trinajstić information content (AvgIpc) is 2.94. The predicted octanol–water partition coefficient (Wildman–Crippen LogP) is 2.26. The van der Waals surface area contributed by atoms with E-state index >= 15 is 0 Å². The Labute approximate surface area is 161 Å². The minimum atomic E-state index is -0.473. The maximum absolute atomic E-state index is 13.1. The standard InChI is InChI=1S/C18H22N6O2S/c1-4-22(3)17(25)24-13-14(19)20-16(27-5-2)21-15(13)23(18(24)26)11-12-9-7-6-8-10-12/h6-10H,4-5,11H2,1-3H3,(H2,19,20,21). The van der Waals surface area contributed by atoms with Crippen molar-refractivity contribution in [3.8, 4) is 0 Å². The molecule has 0 aliphatic heterocycles. The third-order valence-corrected chi connectivity index (χ3v) is 4.95. The summed E-state index contributed by atoms with van der Waals surface area (Å²) in [4.78, 5) is 36.1. The summed E-state index contributed by atoms with van der Waals surface area (Å²) in [6.45, 7) is 4.57. The molecule has 0 aliphatic rings. The lowest BCUT2D eigenvalue weighted by Crippen LogP contribution is -2.38. The number of carbonyl (C=O) groups is 1. The molecule has 2 heterocycles. The van der Waals surface area contributed by atoms with Gasteiger partial charge in [-0.2, -0.15) is 0 Å². The Hall–Kier alpha value is -2.81. The number of carbonyl (C=O) groups excluding carboxylic acids is 1. The molecule has 0 aliphatic carbocycles. The van der Waals surface area contributed by atoms with E-state index in [1.54, 1.807) is 7.05 Å². The number of benzene rings is 1. The van der Waals surface area contributed by atoms with Gasteiger partial charge in [-0.15, -0.1) is 0 Å². The number of hydrogen-bond donors (Lipinski definition) is 1. The predicted molar refractivity (Wildman–Crippen MR) is 107 cm³/mol. The van der Waals surface area contributed by atoms with Gasteiger partial charge in [0.05, 0.1) is 6.54 Å². The highest BCUT2D eigenvalue weighted by molar-refractivity contribution is 7.99. The van der Waals surface area contributed by atoms with E-state index in [0.29, 0.717) is 23.9 Å². The van der Waals surface area contributed by atoms with Gasteiger partial charge in [0.2, 0.25) is 0 Å². The molecule has 0 radical (unpaired) electrons. The third-order valence-electron chi connectivity index (χ3n) is 4.22. The van der Waals surface area contributed by atoms with Crippen molar-refractivity contribution in [2.24, 2.45) is 0 Å². The van der Waals surface area contributed by atoms with Crippen molar-refractivity contribution in [2.45, 2.75) is 25.5 Å². The second-order valence-electron chi connectivity index (χ2n) is 5.98. The van der Waals surface area contributed by atoms with Crippen molar-refractivity contribution in [3.63, 3.8) is 0 Å². The van der Waals surface area contributed by atoms with Gasteiger partial charge in [-0.05, 0) is 18.2 Å². The molecule has 27 heavy (non-hydrogen) atoms. The van der Waals surface area contributed by atoms with Gasteiger partial charge in [0.25, 0.3) is 0 Å². The Balaban J connectivity index is 2.27. The van der Waals surface area contributed by atoms with Crippen LogP contribution in [0.4, 0.5) is 10.6 Å². The van der Waals surface area contributed by atoms with Crippen LogP contribution in [-0.2, 0) is 6.54 Å². The molecule has 0 saturated carbocycles. The molecule has 0 spiro atoms. The highest BCUT2D eigenvalue weighted by Crippen LogP contribution is 2.23. The van der Waals surface area contributed by atoms with E-state index in [1.807, 2.05) is 44.2 Å². The summed E-state index contributed by atoms with van der Waals surface area (Å²) in [7, 11) is 1.63. The van der Waals surface area contributed by atoms with Crippen LogP contribution in [0.5, 0.6) is 0 Å². The molecule has 1 aromatic carbocycles. The van der Waals surface area contributed by atoms with E-state index in [-0.39, 0.29) is 11.3 Å². The van der Waals surface area contributed by atoms with Gasteiger partial charge in [0.1, 0.15) is 5.52 Å². The van der Waals surface area contributed by atoms with Crippen LogP contribution >= 0.6 is 11.8 Å². The minimum absolute atomic E-state index is 0.123. The Morgan fingerprint density at radius 2 is 1.93 bits per heavy atom. The number of hydrogen-bond acceptors (Lipinski definition) is 6. The van der Waals surface area contributed by atoms with Gasteiger partial charge in [-0.25, -0.2) is 24.1 Å². The summed E-state index contributed by atoms with van der Waals surface area (Å²) in [6, 6.07) is 9.09. The Bertz CT molecular complexity index is 1030. The van der Waals surface area contributed by atoms with Crippen molar-refractivity contribution in [2.75, 3.05) is 25.1 Å². The number of anilines is 1. The second-order valence-corrected chi connectivity index (χ2v) is 7.21. The highest BCUT2D eigenvalue weighted by Gasteiger charge is 2.25. The fraction of sp³-hybridized carbons (Fsp3) is 0.333. The van der Waals surface area contributed by atoms with Crippen LogP contribution in [0.3, 0.4) is 0 Å². The van der Waals surface area contributed by atoms with Gasteiger partial charge in [-0.1, -0.05) is 49.0 Å². The first kappa shape index (κ1) is 19.0. The zero-order chi connectivity index (χ0) is 19.6. The summed E-state index contributed by atoms with van der Waals surface area (Å²) in [6.07, 6.45) is 0. The van der Waals surface area contributed by atoms with Crippen LogP contribution in [0.2, 0.25) is 0 Å². The zero-order valence-electron chi connectivity index (χ0n) is 15.5. The molecule has 1 amide bonds. The molecule has 0 atom stereocenters. The lowest BCUT2D eigenvalue weighted by atomic mass is 10.2. The van der Waals surface area contributed by atoms with Crippen molar-refractivity contribution in [3.05, 3.63) is 46.4 Å². The van der Waals surface area contributed by atoms with E-state index in [2.05, 4.69) is 9.97 Å². The first-order chi connectivity index (χ1) is 13.0. The van der Waals surface area contributed by atoms with E-state index in [0.717, 1.165) is 15.9 Å². The first-order valence-electron chi connectivity index (χ1n) is 8.68. The number of aromatic nitrogens is 4. The number of amides is 1. The summed E-state index contributed by atoms with van der Waals surface area (Å²) in [5, 5.41) is 0.484. The molecule has 0 bridgehead atoms. The average molecular weight is 386 g/mol. The lowest BCUT2D eigenvalue weighted by molar-refractivity contribution is 0.212. The Morgan fingerprint density at radius 1 is 1.22 bits per heavy atom. The molecular weight excluding hydrogens is 364 g/mol. The van der Waals surface area contributed by atoms with Crippen molar-refractivity contribution in [1.29, 1.82) is 0 Å². The molecule has 142 valence electrons. The van der Waals surface area contributed by atoms with Gasteiger partial charge < -0.3 is 10.6 Å². The van der Waals surface area contributed by atoms with Gasteiger partial charge in [-0.3, -0.25) is 4.57 Å². The largest absolute Gasteiger partial charge is 0.382 e. The van der Waals surface area contributed by atoms with Crippen LogP contribution in [-0.4, -0.2) is 49.4 Å². The summed E-state index contributed by atoms with van der Waals surface area (Å²) in [5.74, 6) is 0.893. The number of imidazole rings is 1. The quantitative estimate of drug-likeness (QED) is 0.533. The number of rotatable bonds is 5. The Kier molecular flexibility index (Phi) is 5.50. The smallest absolute Gasteiger partial charge is 0.339 e. The van der Waals surface area contributed by atoms with Crippen molar-refractivity contribution in [1.82, 2.24) is 24.0 Å². The molecule has 3 aromatic rings. The van der Waals surface area contributed by atoms with Gasteiger partial charge in [0, 0.05) is 13.6 Å². The first-order valence-corrected chi connectivity index (χ1v) is 9.67. The number of nitrogen functional groups attached to an aromatic ring is 1. The van der Waals surface area contributed by atoms with Crippen molar-refractivity contribution < 1.29 is 4.79 Å². The molecule has 0 fully saturated rings. The monoisotopic (exact) mass is 386 g/mol. The molecule has 0 saturated heterocycles. The zero-order valence-corrected chi connectivity index (χ0v) is 16.4. The second kappa shape index (κ2) is 7.83. The fourth-order valence-electron chi connectivity index (χ4n) is 2.73. The minimum Gasteiger partial charge on any atom is -0.382 e. The number of fused-ring (bicyclic) bond motifs is 1. The molecule has 3 rings (SSSR count).